The zero-order valence-corrected chi connectivity index (χ0v) is 10.4. The summed E-state index contributed by atoms with van der Waals surface area (Å²) in [6.07, 6.45) is -2.65. The van der Waals surface area contributed by atoms with Gasteiger partial charge in [0.15, 0.2) is 0 Å². The Morgan fingerprint density at radius 3 is 2.76 bits per heavy atom. The van der Waals surface area contributed by atoms with Gasteiger partial charge in [-0.05, 0) is 17.9 Å². The maximum Gasteiger partial charge on any atom is 0.522 e. The van der Waals surface area contributed by atoms with Crippen LogP contribution in [0.3, 0.4) is 0 Å². The van der Waals surface area contributed by atoms with Gasteiger partial charge in [-0.15, -0.1) is 24.5 Å². The Hall–Kier alpha value is -0.590. The molecule has 0 fully saturated rings. The van der Waals surface area contributed by atoms with E-state index in [1.165, 1.54) is 0 Å². The molecular formula is C11H16F3NOS. The van der Waals surface area contributed by atoms with E-state index in [1.807, 2.05) is 17.5 Å². The zero-order valence-electron chi connectivity index (χ0n) is 9.59. The molecule has 1 heterocycles. The molecule has 0 radical (unpaired) electrons. The fraction of sp³-hybridized carbons (Fsp3) is 0.636. The summed E-state index contributed by atoms with van der Waals surface area (Å²) in [6, 6.07) is 4.05. The lowest BCUT2D eigenvalue weighted by Gasteiger charge is -2.17. The number of hydrogen-bond acceptors (Lipinski definition) is 3. The molecule has 1 aromatic heterocycles. The second-order valence-corrected chi connectivity index (χ2v) is 4.58. The highest BCUT2D eigenvalue weighted by atomic mass is 32.1. The van der Waals surface area contributed by atoms with Crippen LogP contribution in [0.15, 0.2) is 17.5 Å². The van der Waals surface area contributed by atoms with Gasteiger partial charge in [-0.2, -0.15) is 0 Å². The van der Waals surface area contributed by atoms with E-state index in [2.05, 4.69) is 17.0 Å². The number of ether oxygens (including phenoxy) is 1. The highest BCUT2D eigenvalue weighted by Crippen LogP contribution is 2.23. The Morgan fingerprint density at radius 1 is 1.47 bits per heavy atom. The van der Waals surface area contributed by atoms with Gasteiger partial charge in [-0.3, -0.25) is 4.74 Å². The maximum atomic E-state index is 11.8. The molecule has 0 spiro atoms. The van der Waals surface area contributed by atoms with Gasteiger partial charge in [0.25, 0.3) is 0 Å². The topological polar surface area (TPSA) is 21.3 Å². The molecule has 0 aliphatic rings. The molecule has 2 nitrogen and oxygen atoms in total. The van der Waals surface area contributed by atoms with Crippen molar-refractivity contribution in [2.24, 2.45) is 0 Å². The summed E-state index contributed by atoms with van der Waals surface area (Å²) < 4.78 is 39.0. The van der Waals surface area contributed by atoms with Crippen LogP contribution >= 0.6 is 11.3 Å². The fourth-order valence-electron chi connectivity index (χ4n) is 1.52. The van der Waals surface area contributed by atoms with Gasteiger partial charge >= 0.3 is 6.36 Å². The van der Waals surface area contributed by atoms with E-state index < -0.39 is 6.36 Å². The number of halogens is 3. The molecule has 1 atom stereocenters. The summed E-state index contributed by atoms with van der Waals surface area (Å²) in [5, 5.41) is 5.05. The van der Waals surface area contributed by atoms with E-state index in [0.29, 0.717) is 0 Å². The van der Waals surface area contributed by atoms with Gasteiger partial charge in [0, 0.05) is 17.5 Å². The van der Waals surface area contributed by atoms with Crippen molar-refractivity contribution < 1.29 is 17.9 Å². The lowest BCUT2D eigenvalue weighted by Crippen LogP contribution is -2.27. The van der Waals surface area contributed by atoms with E-state index in [0.717, 1.165) is 17.7 Å². The largest absolute Gasteiger partial charge is 0.522 e. The third kappa shape index (κ3) is 6.05. The maximum absolute atomic E-state index is 11.8. The van der Waals surface area contributed by atoms with Crippen LogP contribution in [0.1, 0.15) is 30.7 Å². The van der Waals surface area contributed by atoms with Gasteiger partial charge in [-0.1, -0.05) is 19.4 Å². The minimum atomic E-state index is -4.54. The summed E-state index contributed by atoms with van der Waals surface area (Å²) in [7, 11) is 0. The van der Waals surface area contributed by atoms with Crippen molar-refractivity contribution in [1.82, 2.24) is 5.32 Å². The third-order valence-corrected chi connectivity index (χ3v) is 3.21. The molecule has 0 aliphatic carbocycles. The van der Waals surface area contributed by atoms with Gasteiger partial charge in [0.1, 0.15) is 0 Å². The van der Waals surface area contributed by atoms with Crippen molar-refractivity contribution in [2.75, 3.05) is 13.2 Å². The van der Waals surface area contributed by atoms with Crippen molar-refractivity contribution in [3.8, 4) is 0 Å². The molecule has 0 aliphatic heterocycles. The first-order chi connectivity index (χ1) is 8.03. The molecule has 0 bridgehead atoms. The number of rotatable bonds is 7. The SMILES string of the molecule is CCCC(NCCOC(F)(F)F)c1cccs1. The van der Waals surface area contributed by atoms with Crippen molar-refractivity contribution >= 4 is 11.3 Å². The standard InChI is InChI=1S/C11H16F3NOS/c1-2-4-9(10-5-3-8-17-10)15-6-7-16-11(12,13)14/h3,5,8-9,15H,2,4,6-7H2,1H3. The van der Waals surface area contributed by atoms with Crippen LogP contribution in [0.25, 0.3) is 0 Å². The van der Waals surface area contributed by atoms with E-state index in [-0.39, 0.29) is 19.2 Å². The average molecular weight is 267 g/mol. The first-order valence-corrected chi connectivity index (χ1v) is 6.38. The van der Waals surface area contributed by atoms with Crippen molar-refractivity contribution in [3.05, 3.63) is 22.4 Å². The molecule has 0 saturated heterocycles. The lowest BCUT2D eigenvalue weighted by molar-refractivity contribution is -0.323. The van der Waals surface area contributed by atoms with Crippen LogP contribution in [0.2, 0.25) is 0 Å². The van der Waals surface area contributed by atoms with Crippen LogP contribution in [0.4, 0.5) is 13.2 Å². The highest BCUT2D eigenvalue weighted by molar-refractivity contribution is 7.10. The Balaban J connectivity index is 2.31. The molecular weight excluding hydrogens is 251 g/mol. The van der Waals surface area contributed by atoms with E-state index >= 15 is 0 Å². The zero-order chi connectivity index (χ0) is 12.7. The minimum Gasteiger partial charge on any atom is -0.307 e. The average Bonchev–Trinajstić information content (AvgIpc) is 2.74. The Kier molecular flexibility index (Phi) is 5.94. The second kappa shape index (κ2) is 6.98. The first kappa shape index (κ1) is 14.5. The van der Waals surface area contributed by atoms with Gasteiger partial charge in [0.2, 0.25) is 0 Å². The van der Waals surface area contributed by atoms with Crippen LogP contribution in [0, 0.1) is 0 Å². The molecule has 0 saturated carbocycles. The quantitative estimate of drug-likeness (QED) is 0.760. The number of thiophene rings is 1. The second-order valence-electron chi connectivity index (χ2n) is 3.61. The minimum absolute atomic E-state index is 0.122. The van der Waals surface area contributed by atoms with Gasteiger partial charge < -0.3 is 5.32 Å². The molecule has 17 heavy (non-hydrogen) atoms. The van der Waals surface area contributed by atoms with Crippen LogP contribution in [0.5, 0.6) is 0 Å². The summed E-state index contributed by atoms with van der Waals surface area (Å²) in [4.78, 5) is 1.15. The molecule has 0 aromatic carbocycles. The van der Waals surface area contributed by atoms with Crippen molar-refractivity contribution in [2.45, 2.75) is 32.2 Å². The molecule has 6 heteroatoms. The van der Waals surface area contributed by atoms with Gasteiger partial charge in [-0.25, -0.2) is 0 Å². The van der Waals surface area contributed by atoms with Crippen molar-refractivity contribution in [3.63, 3.8) is 0 Å². The molecule has 1 aromatic rings. The van der Waals surface area contributed by atoms with E-state index in [9.17, 15) is 13.2 Å². The normalized spacial score (nSPS) is 13.9. The smallest absolute Gasteiger partial charge is 0.307 e. The van der Waals surface area contributed by atoms with Crippen LogP contribution < -0.4 is 5.32 Å². The predicted molar refractivity (Wildman–Crippen MR) is 62.0 cm³/mol. The number of nitrogens with one attached hydrogen (secondary N) is 1. The molecule has 1 unspecified atom stereocenters. The lowest BCUT2D eigenvalue weighted by atomic mass is 10.1. The highest BCUT2D eigenvalue weighted by Gasteiger charge is 2.28. The molecule has 1 N–H and O–H groups in total. The van der Waals surface area contributed by atoms with Crippen LogP contribution in [-0.4, -0.2) is 19.5 Å². The number of hydrogen-bond donors (Lipinski definition) is 1. The Morgan fingerprint density at radius 2 is 2.24 bits per heavy atom. The molecule has 98 valence electrons. The van der Waals surface area contributed by atoms with Crippen molar-refractivity contribution in [1.29, 1.82) is 0 Å². The predicted octanol–water partition coefficient (Wildman–Crippen LogP) is 3.72. The fourth-order valence-corrected chi connectivity index (χ4v) is 2.36. The monoisotopic (exact) mass is 267 g/mol. The Bertz CT molecular complexity index is 300. The summed E-state index contributed by atoms with van der Waals surface area (Å²) >= 11 is 1.61. The van der Waals surface area contributed by atoms with Gasteiger partial charge in [0.05, 0.1) is 6.61 Å². The van der Waals surface area contributed by atoms with E-state index in [4.69, 9.17) is 0 Å². The summed E-state index contributed by atoms with van der Waals surface area (Å²) in [5.41, 5.74) is 0. The molecule has 0 amide bonds. The first-order valence-electron chi connectivity index (χ1n) is 5.50. The van der Waals surface area contributed by atoms with E-state index in [1.54, 1.807) is 11.3 Å². The molecule has 1 rings (SSSR count). The summed E-state index contributed by atoms with van der Waals surface area (Å²) in [5.74, 6) is 0. The van der Waals surface area contributed by atoms with Crippen LogP contribution in [-0.2, 0) is 4.74 Å². The third-order valence-electron chi connectivity index (χ3n) is 2.22. The summed E-state index contributed by atoms with van der Waals surface area (Å²) in [6.45, 7) is 1.89. The Labute approximate surface area is 103 Å². The number of alkyl halides is 3.